The van der Waals surface area contributed by atoms with E-state index in [1.165, 1.54) is 6.08 Å². The highest BCUT2D eigenvalue weighted by molar-refractivity contribution is 5.53. The Morgan fingerprint density at radius 1 is 0.900 bits per heavy atom. The fourth-order valence-corrected chi connectivity index (χ4v) is 1.93. The molecule has 0 bridgehead atoms. The molecule has 0 aliphatic heterocycles. The molecule has 0 saturated heterocycles. The van der Waals surface area contributed by atoms with E-state index in [9.17, 15) is 9.59 Å². The summed E-state index contributed by atoms with van der Waals surface area (Å²) in [7, 11) is 0. The maximum atomic E-state index is 10.3. The summed E-state index contributed by atoms with van der Waals surface area (Å²) >= 11 is 0. The topological polar surface area (TPSA) is 58.9 Å². The van der Waals surface area contributed by atoms with Crippen LogP contribution in [0.15, 0.2) is 52.4 Å². The maximum Gasteiger partial charge on any atom is 0.240 e. The number of rotatable bonds is 4. The first kappa shape index (κ1) is 13.6. The van der Waals surface area contributed by atoms with Gasteiger partial charge in [0.1, 0.15) is 0 Å². The van der Waals surface area contributed by atoms with Crippen LogP contribution in [0.3, 0.4) is 0 Å². The second-order valence-electron chi connectivity index (χ2n) is 4.36. The first-order valence-corrected chi connectivity index (χ1v) is 6.07. The minimum absolute atomic E-state index is 0.583. The van der Waals surface area contributed by atoms with Gasteiger partial charge in [0, 0.05) is 0 Å². The van der Waals surface area contributed by atoms with Crippen LogP contribution in [0.25, 0.3) is 0 Å². The van der Waals surface area contributed by atoms with E-state index in [4.69, 9.17) is 0 Å². The highest BCUT2D eigenvalue weighted by Gasteiger charge is 2.02. The van der Waals surface area contributed by atoms with Gasteiger partial charge in [-0.25, -0.2) is 9.59 Å². The average Bonchev–Trinajstić information content (AvgIpc) is 2.45. The molecule has 0 fully saturated rings. The summed E-state index contributed by atoms with van der Waals surface area (Å²) in [6.07, 6.45) is 3.77. The number of hydrogen-bond donors (Lipinski definition) is 0. The highest BCUT2D eigenvalue weighted by Crippen LogP contribution is 2.21. The summed E-state index contributed by atoms with van der Waals surface area (Å²) in [5, 5.41) is 0. The van der Waals surface area contributed by atoms with Crippen LogP contribution in [0.4, 0.5) is 11.4 Å². The minimum Gasteiger partial charge on any atom is -0.211 e. The van der Waals surface area contributed by atoms with Crippen molar-refractivity contribution in [3.63, 3.8) is 0 Å². The van der Waals surface area contributed by atoms with E-state index in [-0.39, 0.29) is 0 Å². The van der Waals surface area contributed by atoms with Gasteiger partial charge in [0.15, 0.2) is 0 Å². The van der Waals surface area contributed by atoms with Gasteiger partial charge in [-0.1, -0.05) is 18.2 Å². The summed E-state index contributed by atoms with van der Waals surface area (Å²) < 4.78 is 0. The first-order valence-electron chi connectivity index (χ1n) is 6.07. The van der Waals surface area contributed by atoms with Gasteiger partial charge < -0.3 is 0 Å². The van der Waals surface area contributed by atoms with Gasteiger partial charge in [0.05, 0.1) is 11.4 Å². The monoisotopic (exact) mass is 264 g/mol. The van der Waals surface area contributed by atoms with Crippen LogP contribution < -0.4 is 0 Å². The molecule has 0 atom stereocenters. The van der Waals surface area contributed by atoms with Gasteiger partial charge >= 0.3 is 0 Å². The van der Waals surface area contributed by atoms with Crippen molar-refractivity contribution in [2.24, 2.45) is 9.98 Å². The normalized spacial score (nSPS) is 9.45. The van der Waals surface area contributed by atoms with Crippen molar-refractivity contribution in [2.75, 3.05) is 0 Å². The van der Waals surface area contributed by atoms with Gasteiger partial charge in [-0.05, 0) is 54.3 Å². The van der Waals surface area contributed by atoms with Gasteiger partial charge in [-0.2, -0.15) is 9.98 Å². The molecule has 0 N–H and O–H groups in total. The SMILES string of the molecule is Cc1ccc(N=C=O)cc1Cc1ccc(N=C=O)cc1. The molecule has 2 rings (SSSR count). The summed E-state index contributed by atoms with van der Waals surface area (Å²) in [6, 6.07) is 12.9. The third-order valence-corrected chi connectivity index (χ3v) is 3.01. The Hall–Kier alpha value is -2.80. The molecule has 0 saturated carbocycles. The van der Waals surface area contributed by atoms with E-state index in [0.29, 0.717) is 11.4 Å². The second kappa shape index (κ2) is 6.39. The van der Waals surface area contributed by atoms with E-state index in [1.807, 2.05) is 31.2 Å². The fraction of sp³-hybridized carbons (Fsp3) is 0.125. The Bertz CT molecular complexity index is 708. The lowest BCUT2D eigenvalue weighted by Gasteiger charge is -2.07. The van der Waals surface area contributed by atoms with Crippen molar-refractivity contribution in [1.82, 2.24) is 0 Å². The van der Waals surface area contributed by atoms with Crippen LogP contribution in [-0.2, 0) is 16.0 Å². The molecular weight excluding hydrogens is 252 g/mol. The van der Waals surface area contributed by atoms with Crippen LogP contribution in [0.1, 0.15) is 16.7 Å². The third kappa shape index (κ3) is 3.36. The van der Waals surface area contributed by atoms with Gasteiger partial charge in [-0.3, -0.25) is 0 Å². The number of nitrogens with zero attached hydrogens (tertiary/aromatic N) is 2. The molecule has 0 heterocycles. The summed E-state index contributed by atoms with van der Waals surface area (Å²) in [6.45, 7) is 2.01. The van der Waals surface area contributed by atoms with Crippen LogP contribution in [0.5, 0.6) is 0 Å². The van der Waals surface area contributed by atoms with E-state index in [1.54, 1.807) is 24.3 Å². The Morgan fingerprint density at radius 3 is 2.15 bits per heavy atom. The quantitative estimate of drug-likeness (QED) is 0.626. The number of hydrogen-bond acceptors (Lipinski definition) is 4. The number of carbonyl (C=O) groups excluding carboxylic acids is 2. The molecular formula is C16H12N2O2. The van der Waals surface area contributed by atoms with Gasteiger partial charge in [0.2, 0.25) is 12.2 Å². The van der Waals surface area contributed by atoms with Crippen LogP contribution >= 0.6 is 0 Å². The molecule has 20 heavy (non-hydrogen) atoms. The zero-order chi connectivity index (χ0) is 14.4. The zero-order valence-corrected chi connectivity index (χ0v) is 11.0. The van der Waals surface area contributed by atoms with E-state index in [0.717, 1.165) is 23.1 Å². The molecule has 4 nitrogen and oxygen atoms in total. The number of aryl methyl sites for hydroxylation is 1. The molecule has 0 radical (unpaired) electrons. The molecule has 0 aromatic heterocycles. The number of aliphatic imine (C=N–C) groups is 2. The van der Waals surface area contributed by atoms with Crippen LogP contribution in [-0.4, -0.2) is 12.2 Å². The second-order valence-corrected chi connectivity index (χ2v) is 4.36. The van der Waals surface area contributed by atoms with E-state index < -0.39 is 0 Å². The Labute approximate surface area is 116 Å². The molecule has 2 aromatic rings. The summed E-state index contributed by atoms with van der Waals surface area (Å²) in [5.74, 6) is 0. The molecule has 4 heteroatoms. The molecule has 0 spiro atoms. The first-order chi connectivity index (χ1) is 9.72. The van der Waals surface area contributed by atoms with Crippen LogP contribution in [0, 0.1) is 6.92 Å². The predicted octanol–water partition coefficient (Wildman–Crippen LogP) is 3.52. The van der Waals surface area contributed by atoms with Crippen molar-refractivity contribution in [3.8, 4) is 0 Å². The number of benzene rings is 2. The van der Waals surface area contributed by atoms with Crippen molar-refractivity contribution in [2.45, 2.75) is 13.3 Å². The lowest BCUT2D eigenvalue weighted by molar-refractivity contribution is 0.564. The van der Waals surface area contributed by atoms with Gasteiger partial charge in [0.25, 0.3) is 0 Å². The van der Waals surface area contributed by atoms with Gasteiger partial charge in [-0.15, -0.1) is 0 Å². The summed E-state index contributed by atoms with van der Waals surface area (Å²) in [5.41, 5.74) is 4.49. The zero-order valence-electron chi connectivity index (χ0n) is 11.0. The minimum atomic E-state index is 0.583. The van der Waals surface area contributed by atoms with E-state index >= 15 is 0 Å². The molecule has 0 amide bonds. The third-order valence-electron chi connectivity index (χ3n) is 3.01. The van der Waals surface area contributed by atoms with E-state index in [2.05, 4.69) is 9.98 Å². The molecule has 2 aromatic carbocycles. The highest BCUT2D eigenvalue weighted by atomic mass is 16.1. The Balaban J connectivity index is 2.26. The largest absolute Gasteiger partial charge is 0.240 e. The standard InChI is InChI=1S/C16H12N2O2/c1-12-2-5-16(18-11-20)9-14(12)8-13-3-6-15(7-4-13)17-10-19/h2-7,9H,8H2,1H3. The van der Waals surface area contributed by atoms with Crippen LogP contribution in [0.2, 0.25) is 0 Å². The van der Waals surface area contributed by atoms with Crippen molar-refractivity contribution in [1.29, 1.82) is 0 Å². The molecule has 0 unspecified atom stereocenters. The average molecular weight is 264 g/mol. The lowest BCUT2D eigenvalue weighted by atomic mass is 10.00. The van der Waals surface area contributed by atoms with Crippen molar-refractivity contribution < 1.29 is 9.59 Å². The smallest absolute Gasteiger partial charge is 0.211 e. The van der Waals surface area contributed by atoms with Crippen molar-refractivity contribution >= 4 is 23.5 Å². The lowest BCUT2D eigenvalue weighted by Crippen LogP contribution is -1.91. The van der Waals surface area contributed by atoms with Crippen molar-refractivity contribution in [3.05, 3.63) is 59.2 Å². The molecule has 0 aliphatic carbocycles. The summed E-state index contributed by atoms with van der Waals surface area (Å²) in [4.78, 5) is 27.6. The number of isocyanates is 2. The Kier molecular flexibility index (Phi) is 4.35. The molecule has 0 aliphatic rings. The molecule has 98 valence electrons. The Morgan fingerprint density at radius 2 is 1.50 bits per heavy atom. The predicted molar refractivity (Wildman–Crippen MR) is 76.0 cm³/mol. The maximum absolute atomic E-state index is 10.3. The fourth-order valence-electron chi connectivity index (χ4n) is 1.93.